The van der Waals surface area contributed by atoms with Crippen molar-refractivity contribution in [2.45, 2.75) is 32.1 Å². The molecule has 1 aromatic rings. The topological polar surface area (TPSA) is 59.6 Å². The number of benzene rings is 1. The Morgan fingerprint density at radius 2 is 2.05 bits per heavy atom. The van der Waals surface area contributed by atoms with E-state index in [1.54, 1.807) is 6.07 Å². The van der Waals surface area contributed by atoms with Crippen molar-refractivity contribution in [2.24, 2.45) is 0 Å². The third-order valence-electron chi connectivity index (χ3n) is 3.44. The monoisotopic (exact) mass is 296 g/mol. The molecule has 108 valence electrons. The van der Waals surface area contributed by atoms with E-state index in [1.165, 1.54) is 0 Å². The fourth-order valence-electron chi connectivity index (χ4n) is 2.35. The van der Waals surface area contributed by atoms with Crippen LogP contribution in [0.15, 0.2) is 12.1 Å². The molecule has 0 atom stereocenters. The Morgan fingerprint density at radius 1 is 1.35 bits per heavy atom. The molecule has 2 heterocycles. The molecule has 6 heteroatoms. The van der Waals surface area contributed by atoms with E-state index < -0.39 is 5.79 Å². The second-order valence-corrected chi connectivity index (χ2v) is 5.98. The van der Waals surface area contributed by atoms with Crippen LogP contribution in [0.5, 0.6) is 0 Å². The minimum Gasteiger partial charge on any atom is -0.376 e. The Bertz CT molecular complexity index is 550. The number of carbonyl (C=O) groups excluding carboxylic acids is 1. The summed E-state index contributed by atoms with van der Waals surface area (Å²) in [6.45, 7) is 4.89. The third-order valence-corrected chi connectivity index (χ3v) is 3.75. The van der Waals surface area contributed by atoms with E-state index in [0.717, 1.165) is 16.9 Å². The van der Waals surface area contributed by atoms with Crippen molar-refractivity contribution in [3.8, 4) is 0 Å². The van der Waals surface area contributed by atoms with Gasteiger partial charge in [0.25, 0.3) is 0 Å². The van der Waals surface area contributed by atoms with Gasteiger partial charge in [0.05, 0.1) is 36.4 Å². The van der Waals surface area contributed by atoms with E-state index in [9.17, 15) is 4.79 Å². The highest BCUT2D eigenvalue weighted by molar-refractivity contribution is 6.33. The molecule has 0 radical (unpaired) electrons. The number of halogens is 1. The summed E-state index contributed by atoms with van der Waals surface area (Å²) in [5.74, 6) is -0.532. The summed E-state index contributed by atoms with van der Waals surface area (Å²) in [7, 11) is 0. The summed E-state index contributed by atoms with van der Waals surface area (Å²) in [5, 5.41) is 6.67. The van der Waals surface area contributed by atoms with Gasteiger partial charge in [0.1, 0.15) is 0 Å². The zero-order valence-corrected chi connectivity index (χ0v) is 12.2. The molecule has 0 aliphatic carbocycles. The Morgan fingerprint density at radius 3 is 2.75 bits per heavy atom. The lowest BCUT2D eigenvalue weighted by molar-refractivity contribution is -0.247. The summed E-state index contributed by atoms with van der Waals surface area (Å²) in [5.41, 5.74) is 2.56. The van der Waals surface area contributed by atoms with E-state index in [1.807, 2.05) is 19.9 Å². The van der Waals surface area contributed by atoms with Gasteiger partial charge in [0.2, 0.25) is 5.91 Å². The summed E-state index contributed by atoms with van der Waals surface area (Å²) in [4.78, 5) is 11.4. The summed E-state index contributed by atoms with van der Waals surface area (Å²) < 4.78 is 11.2. The van der Waals surface area contributed by atoms with Gasteiger partial charge in [-0.25, -0.2) is 0 Å². The molecule has 1 aromatic carbocycles. The predicted octanol–water partition coefficient (Wildman–Crippen LogP) is 2.40. The number of hydrogen-bond donors (Lipinski definition) is 2. The van der Waals surface area contributed by atoms with Crippen LogP contribution in [0, 0.1) is 0 Å². The molecule has 0 saturated carbocycles. The van der Waals surface area contributed by atoms with E-state index in [2.05, 4.69) is 10.6 Å². The summed E-state index contributed by atoms with van der Waals surface area (Å²) >= 11 is 6.24. The standard InChI is InChI=1S/C14H17ClN2O3/c1-14(2)19-6-9(7-20-14)16-12-3-8-4-13(18)17-11(8)5-10(12)15/h3,5,9,16H,4,6-7H2,1-2H3,(H,17,18). The fourth-order valence-corrected chi connectivity index (χ4v) is 2.57. The van der Waals surface area contributed by atoms with Gasteiger partial charge in [-0.05, 0) is 31.5 Å². The second kappa shape index (κ2) is 4.91. The fraction of sp³-hybridized carbons (Fsp3) is 0.500. The van der Waals surface area contributed by atoms with Crippen LogP contribution in [0.4, 0.5) is 11.4 Å². The number of ether oxygens (including phenoxy) is 2. The number of amides is 1. The van der Waals surface area contributed by atoms with Crippen molar-refractivity contribution in [3.63, 3.8) is 0 Å². The highest BCUT2D eigenvalue weighted by Crippen LogP contribution is 2.33. The lowest BCUT2D eigenvalue weighted by atomic mass is 10.1. The number of hydrogen-bond acceptors (Lipinski definition) is 4. The predicted molar refractivity (Wildman–Crippen MR) is 77.2 cm³/mol. The molecule has 2 aliphatic heterocycles. The Balaban J connectivity index is 1.73. The zero-order chi connectivity index (χ0) is 14.3. The van der Waals surface area contributed by atoms with Crippen LogP contribution in [-0.4, -0.2) is 30.9 Å². The molecule has 0 unspecified atom stereocenters. The maximum absolute atomic E-state index is 11.4. The highest BCUT2D eigenvalue weighted by Gasteiger charge is 2.29. The first kappa shape index (κ1) is 13.7. The lowest BCUT2D eigenvalue weighted by Gasteiger charge is -2.35. The highest BCUT2D eigenvalue weighted by atomic mass is 35.5. The average molecular weight is 297 g/mol. The van der Waals surface area contributed by atoms with E-state index in [-0.39, 0.29) is 11.9 Å². The molecule has 0 spiro atoms. The van der Waals surface area contributed by atoms with Crippen LogP contribution in [0.1, 0.15) is 19.4 Å². The molecule has 2 N–H and O–H groups in total. The molecule has 0 bridgehead atoms. The second-order valence-electron chi connectivity index (χ2n) is 5.58. The molecule has 3 rings (SSSR count). The number of anilines is 2. The Hall–Kier alpha value is -1.30. The number of nitrogens with one attached hydrogen (secondary N) is 2. The van der Waals surface area contributed by atoms with Crippen LogP contribution in [0.2, 0.25) is 5.02 Å². The minimum absolute atomic E-state index is 0.000649. The molecule has 1 amide bonds. The summed E-state index contributed by atoms with van der Waals surface area (Å²) in [6, 6.07) is 3.73. The van der Waals surface area contributed by atoms with Crippen molar-refractivity contribution < 1.29 is 14.3 Å². The lowest BCUT2D eigenvalue weighted by Crippen LogP contribution is -2.45. The smallest absolute Gasteiger partial charge is 0.228 e. The maximum Gasteiger partial charge on any atom is 0.228 e. The molecule has 5 nitrogen and oxygen atoms in total. The van der Waals surface area contributed by atoms with Crippen LogP contribution in [0.3, 0.4) is 0 Å². The van der Waals surface area contributed by atoms with E-state index >= 15 is 0 Å². The number of carbonyl (C=O) groups is 1. The zero-order valence-electron chi connectivity index (χ0n) is 11.5. The van der Waals surface area contributed by atoms with Crippen molar-refractivity contribution in [2.75, 3.05) is 23.8 Å². The normalized spacial score (nSPS) is 21.4. The maximum atomic E-state index is 11.4. The van der Waals surface area contributed by atoms with Crippen molar-refractivity contribution in [1.29, 1.82) is 0 Å². The molecule has 2 aliphatic rings. The van der Waals surface area contributed by atoms with Gasteiger partial charge >= 0.3 is 0 Å². The van der Waals surface area contributed by atoms with Crippen LogP contribution in [-0.2, 0) is 20.7 Å². The van der Waals surface area contributed by atoms with Gasteiger partial charge in [-0.1, -0.05) is 11.6 Å². The minimum atomic E-state index is -0.531. The van der Waals surface area contributed by atoms with Crippen molar-refractivity contribution >= 4 is 28.9 Å². The van der Waals surface area contributed by atoms with Crippen LogP contribution < -0.4 is 10.6 Å². The quantitative estimate of drug-likeness (QED) is 0.880. The Kier molecular flexibility index (Phi) is 3.36. The van der Waals surface area contributed by atoms with Gasteiger partial charge in [0.15, 0.2) is 5.79 Å². The first-order valence-corrected chi connectivity index (χ1v) is 6.97. The molecule has 1 fully saturated rings. The molecule has 0 aromatic heterocycles. The van der Waals surface area contributed by atoms with Gasteiger partial charge in [-0.3, -0.25) is 4.79 Å². The van der Waals surface area contributed by atoms with Gasteiger partial charge in [-0.2, -0.15) is 0 Å². The first-order chi connectivity index (χ1) is 9.43. The van der Waals surface area contributed by atoms with Crippen LogP contribution in [0.25, 0.3) is 0 Å². The largest absolute Gasteiger partial charge is 0.376 e. The average Bonchev–Trinajstić information content (AvgIpc) is 2.71. The van der Waals surface area contributed by atoms with E-state index in [0.29, 0.717) is 24.7 Å². The van der Waals surface area contributed by atoms with Gasteiger partial charge in [0, 0.05) is 5.69 Å². The van der Waals surface area contributed by atoms with Crippen molar-refractivity contribution in [1.82, 2.24) is 0 Å². The van der Waals surface area contributed by atoms with Gasteiger partial charge in [-0.15, -0.1) is 0 Å². The molecular weight excluding hydrogens is 280 g/mol. The van der Waals surface area contributed by atoms with Crippen molar-refractivity contribution in [3.05, 3.63) is 22.7 Å². The number of rotatable bonds is 2. The first-order valence-electron chi connectivity index (χ1n) is 6.60. The molecule has 20 heavy (non-hydrogen) atoms. The van der Waals surface area contributed by atoms with Crippen LogP contribution >= 0.6 is 11.6 Å². The number of fused-ring (bicyclic) bond motifs is 1. The Labute approximate surface area is 122 Å². The SMILES string of the molecule is CC1(C)OCC(Nc2cc3c(cc2Cl)NC(=O)C3)CO1. The summed E-state index contributed by atoms with van der Waals surface area (Å²) in [6.07, 6.45) is 0.395. The third kappa shape index (κ3) is 2.75. The molecular formula is C14H17ClN2O3. The molecule has 1 saturated heterocycles. The van der Waals surface area contributed by atoms with E-state index in [4.69, 9.17) is 21.1 Å². The van der Waals surface area contributed by atoms with Gasteiger partial charge < -0.3 is 20.1 Å².